The van der Waals surface area contributed by atoms with Gasteiger partial charge in [-0.25, -0.2) is 14.6 Å². The molecular formula is C16H13Cl2N5O. The first kappa shape index (κ1) is 16.4. The molecule has 0 spiro atoms. The summed E-state index contributed by atoms with van der Waals surface area (Å²) in [6.45, 7) is 3.87. The molecule has 1 amide bonds. The molecule has 0 aliphatic carbocycles. The van der Waals surface area contributed by atoms with Crippen molar-refractivity contribution >= 4 is 34.8 Å². The van der Waals surface area contributed by atoms with Gasteiger partial charge >= 0.3 is 0 Å². The van der Waals surface area contributed by atoms with E-state index in [2.05, 4.69) is 20.4 Å². The van der Waals surface area contributed by atoms with Gasteiger partial charge in [-0.05, 0) is 44.2 Å². The van der Waals surface area contributed by atoms with Crippen LogP contribution in [0, 0.1) is 13.8 Å². The van der Waals surface area contributed by atoms with Crippen LogP contribution >= 0.6 is 23.2 Å². The van der Waals surface area contributed by atoms with Crippen LogP contribution in [0.15, 0.2) is 36.5 Å². The Morgan fingerprint density at radius 3 is 2.54 bits per heavy atom. The summed E-state index contributed by atoms with van der Waals surface area (Å²) >= 11 is 11.7. The molecule has 0 unspecified atom stereocenters. The van der Waals surface area contributed by atoms with E-state index < -0.39 is 0 Å². The molecule has 3 rings (SSSR count). The largest absolute Gasteiger partial charge is 0.320 e. The Balaban J connectivity index is 1.79. The maximum Gasteiger partial charge on any atom is 0.258 e. The summed E-state index contributed by atoms with van der Waals surface area (Å²) in [7, 11) is 0. The number of anilines is 1. The highest BCUT2D eigenvalue weighted by molar-refractivity contribution is 6.35. The van der Waals surface area contributed by atoms with E-state index in [9.17, 15) is 4.79 Å². The Morgan fingerprint density at radius 1 is 1.17 bits per heavy atom. The second-order valence-electron chi connectivity index (χ2n) is 5.17. The van der Waals surface area contributed by atoms with Crippen molar-refractivity contribution in [2.24, 2.45) is 0 Å². The second kappa shape index (κ2) is 6.59. The highest BCUT2D eigenvalue weighted by Gasteiger charge is 2.13. The van der Waals surface area contributed by atoms with Crippen molar-refractivity contribution in [3.63, 3.8) is 0 Å². The number of nitrogens with zero attached hydrogens (tertiary/aromatic N) is 4. The lowest BCUT2D eigenvalue weighted by Crippen LogP contribution is -2.13. The predicted octanol–water partition coefficient (Wildman–Crippen LogP) is 3.84. The quantitative estimate of drug-likeness (QED) is 0.719. The van der Waals surface area contributed by atoms with E-state index in [0.717, 1.165) is 11.4 Å². The van der Waals surface area contributed by atoms with Gasteiger partial charge in [0.05, 0.1) is 23.1 Å². The smallest absolute Gasteiger partial charge is 0.258 e. The van der Waals surface area contributed by atoms with Gasteiger partial charge in [0.25, 0.3) is 5.91 Å². The number of carbonyl (C=O) groups excluding carboxylic acids is 1. The Labute approximate surface area is 148 Å². The average Bonchev–Trinajstić information content (AvgIpc) is 2.86. The number of halogens is 2. The van der Waals surface area contributed by atoms with Crippen molar-refractivity contribution in [3.8, 4) is 5.82 Å². The van der Waals surface area contributed by atoms with Crippen molar-refractivity contribution in [2.45, 2.75) is 13.8 Å². The minimum Gasteiger partial charge on any atom is -0.320 e. The Morgan fingerprint density at radius 2 is 1.96 bits per heavy atom. The Kier molecular flexibility index (Phi) is 4.51. The molecule has 0 fully saturated rings. The lowest BCUT2D eigenvalue weighted by atomic mass is 10.2. The number of nitrogens with one attached hydrogen (secondary N) is 1. The molecule has 122 valence electrons. The Hall–Kier alpha value is -2.44. The summed E-state index contributed by atoms with van der Waals surface area (Å²) in [5, 5.41) is 7.36. The van der Waals surface area contributed by atoms with Crippen molar-refractivity contribution in [3.05, 3.63) is 63.8 Å². The second-order valence-corrected chi connectivity index (χ2v) is 5.92. The highest BCUT2D eigenvalue weighted by Crippen LogP contribution is 2.19. The van der Waals surface area contributed by atoms with Gasteiger partial charge in [-0.15, -0.1) is 0 Å². The number of rotatable bonds is 3. The minimum atomic E-state index is -0.384. The molecule has 6 nitrogen and oxygen atoms in total. The number of aryl methyl sites for hydroxylation is 2. The lowest BCUT2D eigenvalue weighted by molar-refractivity contribution is 0.102. The molecule has 0 aliphatic heterocycles. The van der Waals surface area contributed by atoms with E-state index in [4.69, 9.17) is 23.2 Å². The molecule has 3 aromatic rings. The summed E-state index contributed by atoms with van der Waals surface area (Å²) in [6.07, 6.45) is 1.56. The lowest BCUT2D eigenvalue weighted by Gasteiger charge is -2.08. The van der Waals surface area contributed by atoms with Crippen LogP contribution in [0.1, 0.15) is 21.7 Å². The van der Waals surface area contributed by atoms with E-state index in [0.29, 0.717) is 11.5 Å². The molecule has 8 heteroatoms. The van der Waals surface area contributed by atoms with Crippen molar-refractivity contribution in [2.75, 3.05) is 5.32 Å². The van der Waals surface area contributed by atoms with E-state index in [1.165, 1.54) is 12.1 Å². The fraction of sp³-hybridized carbons (Fsp3) is 0.125. The van der Waals surface area contributed by atoms with Crippen LogP contribution in [-0.2, 0) is 0 Å². The van der Waals surface area contributed by atoms with Crippen LogP contribution in [0.4, 0.5) is 5.69 Å². The number of aromatic nitrogens is 4. The first-order chi connectivity index (χ1) is 11.4. The summed E-state index contributed by atoms with van der Waals surface area (Å²) < 4.78 is 1.74. The number of amides is 1. The van der Waals surface area contributed by atoms with Crippen molar-refractivity contribution < 1.29 is 4.79 Å². The number of hydrogen-bond donors (Lipinski definition) is 1. The normalized spacial score (nSPS) is 10.7. The monoisotopic (exact) mass is 361 g/mol. The van der Waals surface area contributed by atoms with Crippen LogP contribution in [0.2, 0.25) is 10.3 Å². The SMILES string of the molecule is Cc1cc(C)n(-c2ccc(NC(=O)c3ccc(Cl)nc3Cl)cn2)n1. The van der Waals surface area contributed by atoms with E-state index in [-0.39, 0.29) is 21.8 Å². The topological polar surface area (TPSA) is 72.7 Å². The minimum absolute atomic E-state index is 0.0484. The number of hydrogen-bond acceptors (Lipinski definition) is 4. The Bertz CT molecular complexity index is 905. The third kappa shape index (κ3) is 3.39. The maximum absolute atomic E-state index is 12.2. The van der Waals surface area contributed by atoms with Crippen LogP contribution in [0.3, 0.4) is 0 Å². The molecule has 3 heterocycles. The zero-order valence-corrected chi connectivity index (χ0v) is 14.4. The summed E-state index contributed by atoms with van der Waals surface area (Å²) in [6, 6.07) is 8.51. The maximum atomic E-state index is 12.2. The van der Waals surface area contributed by atoms with E-state index in [1.807, 2.05) is 19.9 Å². The van der Waals surface area contributed by atoms with Crippen LogP contribution in [0.5, 0.6) is 0 Å². The standard InChI is InChI=1S/C16H13Cl2N5O/c1-9-7-10(2)23(22-9)14-6-3-11(8-19-14)20-16(24)12-4-5-13(17)21-15(12)18/h3-8H,1-2H3,(H,20,24). The van der Waals surface area contributed by atoms with Gasteiger partial charge in [0.15, 0.2) is 5.82 Å². The molecule has 0 aromatic carbocycles. The van der Waals surface area contributed by atoms with Gasteiger partial charge in [-0.1, -0.05) is 23.2 Å². The molecule has 3 aromatic heterocycles. The van der Waals surface area contributed by atoms with E-state index >= 15 is 0 Å². The third-order valence-corrected chi connectivity index (χ3v) is 3.79. The van der Waals surface area contributed by atoms with Crippen molar-refractivity contribution in [1.29, 1.82) is 0 Å². The first-order valence-electron chi connectivity index (χ1n) is 7.07. The molecule has 0 atom stereocenters. The van der Waals surface area contributed by atoms with Gasteiger partial charge < -0.3 is 5.32 Å². The molecule has 0 saturated heterocycles. The molecule has 1 N–H and O–H groups in total. The molecule has 0 aliphatic rings. The average molecular weight is 362 g/mol. The van der Waals surface area contributed by atoms with Gasteiger partial charge in [0.2, 0.25) is 0 Å². The predicted molar refractivity (Wildman–Crippen MR) is 93.0 cm³/mol. The van der Waals surface area contributed by atoms with Crippen LogP contribution in [-0.4, -0.2) is 25.7 Å². The third-order valence-electron chi connectivity index (χ3n) is 3.29. The number of pyridine rings is 2. The zero-order valence-electron chi connectivity index (χ0n) is 12.9. The number of carbonyl (C=O) groups is 1. The first-order valence-corrected chi connectivity index (χ1v) is 7.83. The summed E-state index contributed by atoms with van der Waals surface area (Å²) in [5.41, 5.74) is 2.67. The molecule has 0 radical (unpaired) electrons. The van der Waals surface area contributed by atoms with Gasteiger partial charge in [-0.3, -0.25) is 4.79 Å². The van der Waals surface area contributed by atoms with Crippen molar-refractivity contribution in [1.82, 2.24) is 19.7 Å². The van der Waals surface area contributed by atoms with E-state index in [1.54, 1.807) is 23.0 Å². The van der Waals surface area contributed by atoms with Crippen LogP contribution < -0.4 is 5.32 Å². The van der Waals surface area contributed by atoms with Gasteiger partial charge in [0.1, 0.15) is 10.3 Å². The summed E-state index contributed by atoms with van der Waals surface area (Å²) in [4.78, 5) is 20.4. The highest BCUT2D eigenvalue weighted by atomic mass is 35.5. The van der Waals surface area contributed by atoms with Gasteiger partial charge in [0, 0.05) is 5.69 Å². The van der Waals surface area contributed by atoms with Crippen LogP contribution in [0.25, 0.3) is 5.82 Å². The molecule has 24 heavy (non-hydrogen) atoms. The summed E-state index contributed by atoms with van der Waals surface area (Å²) in [5.74, 6) is 0.287. The molecular weight excluding hydrogens is 349 g/mol. The van der Waals surface area contributed by atoms with Gasteiger partial charge in [-0.2, -0.15) is 5.10 Å². The molecule has 0 bridgehead atoms. The fourth-order valence-electron chi connectivity index (χ4n) is 2.23. The fourth-order valence-corrected chi connectivity index (χ4v) is 2.66. The zero-order chi connectivity index (χ0) is 17.3. The molecule has 0 saturated carbocycles.